The van der Waals surface area contributed by atoms with Gasteiger partial charge in [-0.2, -0.15) is 0 Å². The summed E-state index contributed by atoms with van der Waals surface area (Å²) in [6.07, 6.45) is 6.47. The predicted molar refractivity (Wildman–Crippen MR) is 50.3 cm³/mol. The molecule has 0 aliphatic rings. The smallest absolute Gasteiger partial charge is 0.110 e. The second-order valence-electron chi connectivity index (χ2n) is 1.77. The zero-order chi connectivity index (χ0) is 7.82. The lowest BCUT2D eigenvalue weighted by Crippen LogP contribution is -1.93. The lowest BCUT2D eigenvalue weighted by molar-refractivity contribution is 0.875. The maximum absolute atomic E-state index is 4.19. The first kappa shape index (κ1) is 9.69. The molecule has 0 rings (SSSR count). The number of aliphatic imine (C=N–C) groups is 2. The predicted octanol–water partition coefficient (Wildman–Crippen LogP) is 2.20. The van der Waals surface area contributed by atoms with Crippen LogP contribution in [0.1, 0.15) is 20.3 Å². The van der Waals surface area contributed by atoms with Crippen LogP contribution in [0, 0.1) is 0 Å². The van der Waals surface area contributed by atoms with Crippen LogP contribution in [0.5, 0.6) is 0 Å². The van der Waals surface area contributed by atoms with Crippen molar-refractivity contribution in [3.63, 3.8) is 0 Å². The van der Waals surface area contributed by atoms with Gasteiger partial charge in [0, 0.05) is 6.21 Å². The summed E-state index contributed by atoms with van der Waals surface area (Å²) in [6, 6.07) is 0. The van der Waals surface area contributed by atoms with E-state index in [1.54, 1.807) is 24.3 Å². The molecule has 0 aromatic carbocycles. The Morgan fingerprint density at radius 2 is 2.30 bits per heavy atom. The van der Waals surface area contributed by atoms with Crippen molar-refractivity contribution in [2.45, 2.75) is 25.6 Å². The molecule has 0 saturated carbocycles. The van der Waals surface area contributed by atoms with E-state index in [4.69, 9.17) is 0 Å². The van der Waals surface area contributed by atoms with E-state index in [0.717, 1.165) is 6.42 Å². The number of hydrogen-bond acceptors (Lipinski definition) is 2. The van der Waals surface area contributed by atoms with Gasteiger partial charge in [0.2, 0.25) is 0 Å². The molecule has 0 aromatic heterocycles. The van der Waals surface area contributed by atoms with E-state index in [1.165, 1.54) is 0 Å². The number of nitrogens with zero attached hydrogens (tertiary/aromatic N) is 2. The Bertz CT molecular complexity index is 117. The van der Waals surface area contributed by atoms with Gasteiger partial charge in [-0.3, -0.25) is 4.99 Å². The summed E-state index contributed by atoms with van der Waals surface area (Å²) in [5.74, 6) is 0. The van der Waals surface area contributed by atoms with E-state index in [9.17, 15) is 0 Å². The molecule has 10 heavy (non-hydrogen) atoms. The largest absolute Gasteiger partial charge is 0.259 e. The second kappa shape index (κ2) is 6.81. The highest BCUT2D eigenvalue weighted by atomic mass is 32.2. The molecule has 0 spiro atoms. The van der Waals surface area contributed by atoms with Crippen LogP contribution in [0.2, 0.25) is 0 Å². The summed E-state index contributed by atoms with van der Waals surface area (Å²) >= 11 is 1.75. The molecular weight excluding hydrogens is 144 g/mol. The number of hydrogen-bond donors (Lipinski definition) is 0. The first-order valence-electron chi connectivity index (χ1n) is 3.37. The second-order valence-corrected chi connectivity index (χ2v) is 2.79. The Morgan fingerprint density at radius 1 is 1.60 bits per heavy atom. The molecule has 0 fully saturated rings. The highest BCUT2D eigenvalue weighted by molar-refractivity contribution is 7.99. The molecule has 58 valence electrons. The zero-order valence-corrected chi connectivity index (χ0v) is 7.56. The van der Waals surface area contributed by atoms with Crippen molar-refractivity contribution in [3.05, 3.63) is 0 Å². The Labute approximate surface area is 66.8 Å². The van der Waals surface area contributed by atoms with Crippen LogP contribution >= 0.6 is 11.8 Å². The summed E-state index contributed by atoms with van der Waals surface area (Å²) in [6.45, 7) is 4.00. The highest BCUT2D eigenvalue weighted by Crippen LogP contribution is 2.10. The average Bonchev–Trinajstić information content (AvgIpc) is 1.99. The molecule has 0 radical (unpaired) electrons. The molecule has 0 N–H and O–H groups in total. The monoisotopic (exact) mass is 158 g/mol. The normalized spacial score (nSPS) is 15.1. The third-order valence-electron chi connectivity index (χ3n) is 1.07. The Hall–Kier alpha value is -0.310. The topological polar surface area (TPSA) is 24.7 Å². The molecular formula is C7H14N2S. The average molecular weight is 158 g/mol. The van der Waals surface area contributed by atoms with E-state index in [0.29, 0.717) is 5.37 Å². The third-order valence-corrected chi connectivity index (χ3v) is 2.07. The lowest BCUT2D eigenvalue weighted by Gasteiger charge is -2.01. The molecule has 3 heteroatoms. The van der Waals surface area contributed by atoms with Gasteiger partial charge in [0.1, 0.15) is 6.34 Å². The van der Waals surface area contributed by atoms with Crippen molar-refractivity contribution < 1.29 is 0 Å². The summed E-state index contributed by atoms with van der Waals surface area (Å²) in [4.78, 5) is 8.07. The minimum absolute atomic E-state index is 0.378. The minimum Gasteiger partial charge on any atom is -0.259 e. The maximum atomic E-state index is 4.19. The minimum atomic E-state index is 0.378. The van der Waals surface area contributed by atoms with Crippen LogP contribution < -0.4 is 0 Å². The van der Waals surface area contributed by atoms with Crippen LogP contribution in [0.3, 0.4) is 0 Å². The van der Waals surface area contributed by atoms with Crippen LogP contribution in [0.4, 0.5) is 0 Å². The summed E-state index contributed by atoms with van der Waals surface area (Å²) in [5.41, 5.74) is 0. The summed E-state index contributed by atoms with van der Waals surface area (Å²) in [7, 11) is 0. The molecule has 0 aromatic rings. The fourth-order valence-electron chi connectivity index (χ4n) is 0.512. The van der Waals surface area contributed by atoms with Gasteiger partial charge < -0.3 is 0 Å². The van der Waals surface area contributed by atoms with Gasteiger partial charge in [-0.25, -0.2) is 4.99 Å². The van der Waals surface area contributed by atoms with Crippen molar-refractivity contribution in [1.82, 2.24) is 0 Å². The van der Waals surface area contributed by atoms with Crippen molar-refractivity contribution >= 4 is 24.3 Å². The van der Waals surface area contributed by atoms with Crippen molar-refractivity contribution in [3.8, 4) is 0 Å². The van der Waals surface area contributed by atoms with Gasteiger partial charge in [-0.1, -0.05) is 6.92 Å². The maximum Gasteiger partial charge on any atom is 0.110 e. The van der Waals surface area contributed by atoms with Crippen molar-refractivity contribution in [1.29, 1.82) is 0 Å². The first-order chi connectivity index (χ1) is 4.85. The molecule has 0 aliphatic carbocycles. The van der Waals surface area contributed by atoms with E-state index >= 15 is 0 Å². The molecule has 1 unspecified atom stereocenters. The first-order valence-corrected chi connectivity index (χ1v) is 4.66. The van der Waals surface area contributed by atoms with Crippen LogP contribution in [0.15, 0.2) is 9.98 Å². The van der Waals surface area contributed by atoms with E-state index < -0.39 is 0 Å². The van der Waals surface area contributed by atoms with Crippen molar-refractivity contribution in [2.24, 2.45) is 9.98 Å². The Balaban J connectivity index is 3.60. The molecule has 0 aliphatic heterocycles. The quantitative estimate of drug-likeness (QED) is 0.455. The number of thioether (sulfide) groups is 1. The molecule has 0 saturated heterocycles. The van der Waals surface area contributed by atoms with Gasteiger partial charge in [0.25, 0.3) is 0 Å². The van der Waals surface area contributed by atoms with Gasteiger partial charge in [0.05, 0.1) is 5.37 Å². The fourth-order valence-corrected chi connectivity index (χ4v) is 1.02. The Kier molecular flexibility index (Phi) is 6.59. The van der Waals surface area contributed by atoms with Crippen LogP contribution in [-0.4, -0.2) is 24.2 Å². The lowest BCUT2D eigenvalue weighted by atomic mass is 10.5. The van der Waals surface area contributed by atoms with Crippen molar-refractivity contribution in [2.75, 3.05) is 6.26 Å². The van der Waals surface area contributed by atoms with Gasteiger partial charge in [-0.05, 0) is 19.6 Å². The molecule has 1 atom stereocenters. The Morgan fingerprint density at radius 3 is 2.70 bits per heavy atom. The summed E-state index contributed by atoms with van der Waals surface area (Å²) < 4.78 is 0. The molecule has 0 bridgehead atoms. The summed E-state index contributed by atoms with van der Waals surface area (Å²) in [5, 5.41) is 0.378. The van der Waals surface area contributed by atoms with E-state index in [2.05, 4.69) is 23.2 Å². The number of rotatable bonds is 4. The van der Waals surface area contributed by atoms with Crippen LogP contribution in [0.25, 0.3) is 0 Å². The molecule has 2 nitrogen and oxygen atoms in total. The molecule has 0 heterocycles. The SMILES string of the molecule is C/C=N\C=N/C(CC)SC. The van der Waals surface area contributed by atoms with Gasteiger partial charge in [0.15, 0.2) is 0 Å². The zero-order valence-electron chi connectivity index (χ0n) is 6.74. The third kappa shape index (κ3) is 4.56. The van der Waals surface area contributed by atoms with Gasteiger partial charge >= 0.3 is 0 Å². The fraction of sp³-hybridized carbons (Fsp3) is 0.714. The highest BCUT2D eigenvalue weighted by Gasteiger charge is 1.96. The van der Waals surface area contributed by atoms with E-state index in [-0.39, 0.29) is 0 Å². The van der Waals surface area contributed by atoms with E-state index in [1.807, 2.05) is 6.92 Å². The standard InChI is InChI=1S/C7H14N2S/c1-4-7(10-3)9-6-8-5-2/h5-7H,4H2,1-3H3/b8-5-,9-6-. The van der Waals surface area contributed by atoms with Gasteiger partial charge in [-0.15, -0.1) is 11.8 Å². The van der Waals surface area contributed by atoms with Crippen LogP contribution in [-0.2, 0) is 0 Å². The molecule has 0 amide bonds.